The molecule has 0 radical (unpaired) electrons. The highest BCUT2D eigenvalue weighted by Crippen LogP contribution is 2.25. The molecule has 2 atom stereocenters. The van der Waals surface area contributed by atoms with Crippen molar-refractivity contribution in [3.05, 3.63) is 17.5 Å². The molecule has 0 saturated carbocycles. The molecule has 0 saturated heterocycles. The first kappa shape index (κ1) is 10.2. The van der Waals surface area contributed by atoms with Gasteiger partial charge in [-0.1, -0.05) is 12.1 Å². The minimum atomic E-state index is -1.13. The molecule has 1 aromatic heterocycles. The zero-order valence-electron chi connectivity index (χ0n) is 8.24. The summed E-state index contributed by atoms with van der Waals surface area (Å²) in [4.78, 5) is 0. The van der Waals surface area contributed by atoms with Gasteiger partial charge in [-0.25, -0.2) is 0 Å². The van der Waals surface area contributed by atoms with Gasteiger partial charge in [0.25, 0.3) is 0 Å². The average molecular weight is 184 g/mol. The highest BCUT2D eigenvalue weighted by Gasteiger charge is 2.33. The van der Waals surface area contributed by atoms with Crippen LogP contribution in [0.3, 0.4) is 0 Å². The van der Waals surface area contributed by atoms with Crippen molar-refractivity contribution in [3.63, 3.8) is 0 Å². The van der Waals surface area contributed by atoms with Crippen LogP contribution in [0.5, 0.6) is 0 Å². The molecule has 0 fully saturated rings. The molecule has 0 aliphatic heterocycles. The molecule has 1 heterocycles. The molecule has 0 spiro atoms. The number of aliphatic hydroxyl groups is 1. The predicted molar refractivity (Wildman–Crippen MR) is 49.1 cm³/mol. The highest BCUT2D eigenvalue weighted by atomic mass is 16.5. The van der Waals surface area contributed by atoms with Gasteiger partial charge in [-0.2, -0.15) is 0 Å². The predicted octanol–water partition coefficient (Wildman–Crippen LogP) is 0.928. The van der Waals surface area contributed by atoms with E-state index in [1.165, 1.54) is 0 Å². The van der Waals surface area contributed by atoms with E-state index in [1.807, 2.05) is 6.92 Å². The molecule has 1 rings (SSSR count). The van der Waals surface area contributed by atoms with Gasteiger partial charge in [0.05, 0.1) is 5.69 Å². The van der Waals surface area contributed by atoms with Gasteiger partial charge in [0.15, 0.2) is 5.76 Å². The number of nitrogens with zero attached hydrogens (tertiary/aromatic N) is 1. The summed E-state index contributed by atoms with van der Waals surface area (Å²) in [6, 6.07) is 1.37. The van der Waals surface area contributed by atoms with E-state index < -0.39 is 5.60 Å². The van der Waals surface area contributed by atoms with Crippen molar-refractivity contribution < 1.29 is 9.63 Å². The van der Waals surface area contributed by atoms with E-state index in [9.17, 15) is 5.11 Å². The second kappa shape index (κ2) is 3.47. The Hall–Kier alpha value is -0.870. The fourth-order valence-electron chi connectivity index (χ4n) is 1.18. The molecular weight excluding hydrogens is 168 g/mol. The summed E-state index contributed by atoms with van der Waals surface area (Å²) >= 11 is 0. The van der Waals surface area contributed by atoms with Crippen molar-refractivity contribution in [2.45, 2.75) is 38.8 Å². The Balaban J connectivity index is 2.92. The van der Waals surface area contributed by atoms with Crippen LogP contribution in [0, 0.1) is 6.92 Å². The lowest BCUT2D eigenvalue weighted by molar-refractivity contribution is 0.00171. The fraction of sp³-hybridized carbons (Fsp3) is 0.667. The van der Waals surface area contributed by atoms with Gasteiger partial charge >= 0.3 is 0 Å². The van der Waals surface area contributed by atoms with Crippen LogP contribution in [0.25, 0.3) is 0 Å². The molecule has 0 aromatic carbocycles. The van der Waals surface area contributed by atoms with E-state index in [1.54, 1.807) is 19.9 Å². The highest BCUT2D eigenvalue weighted by molar-refractivity contribution is 5.13. The Morgan fingerprint density at radius 2 is 2.38 bits per heavy atom. The molecule has 74 valence electrons. The summed E-state index contributed by atoms with van der Waals surface area (Å²) in [6.07, 6.45) is 0.687. The minimum absolute atomic E-state index is 0.333. The molecule has 0 aliphatic rings. The van der Waals surface area contributed by atoms with Crippen LogP contribution in [0.4, 0.5) is 0 Å². The maximum atomic E-state index is 10.0. The zero-order chi connectivity index (χ0) is 10.1. The van der Waals surface area contributed by atoms with Crippen LogP contribution in [0.2, 0.25) is 0 Å². The monoisotopic (exact) mass is 184 g/mol. The second-order valence-electron chi connectivity index (χ2n) is 3.49. The van der Waals surface area contributed by atoms with E-state index >= 15 is 0 Å². The third kappa shape index (κ3) is 1.89. The summed E-state index contributed by atoms with van der Waals surface area (Å²) in [5, 5.41) is 13.7. The topological polar surface area (TPSA) is 72.3 Å². The molecule has 4 heteroatoms. The number of hydrogen-bond donors (Lipinski definition) is 2. The third-order valence-corrected chi connectivity index (χ3v) is 2.29. The van der Waals surface area contributed by atoms with E-state index in [4.69, 9.17) is 10.3 Å². The second-order valence-corrected chi connectivity index (χ2v) is 3.49. The van der Waals surface area contributed by atoms with Crippen molar-refractivity contribution in [1.29, 1.82) is 0 Å². The van der Waals surface area contributed by atoms with Crippen molar-refractivity contribution >= 4 is 0 Å². The SMILES string of the molecule is CCC(N)C(C)(O)c1cc(C)no1. The lowest BCUT2D eigenvalue weighted by Gasteiger charge is -2.26. The number of nitrogens with two attached hydrogens (primary N) is 1. The molecular formula is C9H16N2O2. The molecule has 4 nitrogen and oxygen atoms in total. The summed E-state index contributed by atoms with van der Waals surface area (Å²) in [5.41, 5.74) is 5.37. The third-order valence-electron chi connectivity index (χ3n) is 2.29. The Labute approximate surface area is 77.7 Å². The van der Waals surface area contributed by atoms with Crippen molar-refractivity contribution in [2.24, 2.45) is 5.73 Å². The summed E-state index contributed by atoms with van der Waals surface area (Å²) < 4.78 is 4.97. The van der Waals surface area contributed by atoms with Crippen molar-refractivity contribution in [3.8, 4) is 0 Å². The molecule has 0 bridgehead atoms. The fourth-order valence-corrected chi connectivity index (χ4v) is 1.18. The Morgan fingerprint density at radius 1 is 1.77 bits per heavy atom. The van der Waals surface area contributed by atoms with E-state index in [-0.39, 0.29) is 6.04 Å². The van der Waals surface area contributed by atoms with Gasteiger partial charge < -0.3 is 15.4 Å². The summed E-state index contributed by atoms with van der Waals surface area (Å²) in [7, 11) is 0. The lowest BCUT2D eigenvalue weighted by atomic mass is 9.92. The van der Waals surface area contributed by atoms with Crippen LogP contribution in [-0.4, -0.2) is 16.3 Å². The zero-order valence-corrected chi connectivity index (χ0v) is 8.24. The van der Waals surface area contributed by atoms with Crippen molar-refractivity contribution in [1.82, 2.24) is 5.16 Å². The summed E-state index contributed by atoms with van der Waals surface area (Å²) in [5.74, 6) is 0.430. The van der Waals surface area contributed by atoms with Crippen LogP contribution in [0.1, 0.15) is 31.7 Å². The van der Waals surface area contributed by atoms with Crippen molar-refractivity contribution in [2.75, 3.05) is 0 Å². The Morgan fingerprint density at radius 3 is 2.77 bits per heavy atom. The summed E-state index contributed by atoms with van der Waals surface area (Å²) in [6.45, 7) is 5.37. The normalized spacial score (nSPS) is 18.2. The lowest BCUT2D eigenvalue weighted by Crippen LogP contribution is -2.42. The molecule has 13 heavy (non-hydrogen) atoms. The molecule has 3 N–H and O–H groups in total. The first-order valence-electron chi connectivity index (χ1n) is 4.40. The first-order valence-corrected chi connectivity index (χ1v) is 4.40. The van der Waals surface area contributed by atoms with Crippen LogP contribution < -0.4 is 5.73 Å². The smallest absolute Gasteiger partial charge is 0.169 e. The number of aromatic nitrogens is 1. The number of rotatable bonds is 3. The molecule has 0 aliphatic carbocycles. The molecule has 0 amide bonds. The number of aryl methyl sites for hydroxylation is 1. The van der Waals surface area contributed by atoms with E-state index in [2.05, 4.69) is 5.16 Å². The maximum Gasteiger partial charge on any atom is 0.169 e. The van der Waals surface area contributed by atoms with Gasteiger partial charge in [0, 0.05) is 12.1 Å². The first-order chi connectivity index (χ1) is 5.98. The van der Waals surface area contributed by atoms with Gasteiger partial charge in [0.2, 0.25) is 0 Å². The van der Waals surface area contributed by atoms with Crippen LogP contribution >= 0.6 is 0 Å². The number of hydrogen-bond acceptors (Lipinski definition) is 4. The van der Waals surface area contributed by atoms with Gasteiger partial charge in [-0.3, -0.25) is 0 Å². The Bertz CT molecular complexity index is 281. The largest absolute Gasteiger partial charge is 0.380 e. The van der Waals surface area contributed by atoms with Gasteiger partial charge in [-0.05, 0) is 20.3 Å². The van der Waals surface area contributed by atoms with Gasteiger partial charge in [0.1, 0.15) is 5.60 Å². The standard InChI is InChI=1S/C9H16N2O2/c1-4-7(10)9(3,12)8-5-6(2)11-13-8/h5,7,12H,4,10H2,1-3H3. The molecule has 1 aromatic rings. The van der Waals surface area contributed by atoms with E-state index in [0.29, 0.717) is 12.2 Å². The molecule has 2 unspecified atom stereocenters. The Kier molecular flexibility index (Phi) is 2.73. The minimum Gasteiger partial charge on any atom is -0.380 e. The maximum absolute atomic E-state index is 10.0. The van der Waals surface area contributed by atoms with Crippen LogP contribution in [0.15, 0.2) is 10.6 Å². The van der Waals surface area contributed by atoms with E-state index in [0.717, 1.165) is 5.69 Å². The van der Waals surface area contributed by atoms with Gasteiger partial charge in [-0.15, -0.1) is 0 Å². The average Bonchev–Trinajstić information content (AvgIpc) is 2.50. The van der Waals surface area contributed by atoms with Crippen LogP contribution in [-0.2, 0) is 5.60 Å². The quantitative estimate of drug-likeness (QED) is 0.733.